The topological polar surface area (TPSA) is 92.8 Å². The molecular weight excluding hydrogens is 380 g/mol. The Morgan fingerprint density at radius 3 is 2.50 bits per heavy atom. The first-order valence-electron chi connectivity index (χ1n) is 9.82. The molecule has 1 aromatic rings. The minimum atomic E-state index is -3.58. The standard InChI is InChI=1S/C20H30N2O5S/c1-16-10-11-17(20(24)21-12-6-3-5-9-19(23)27-2)15-18(16)28(25,26)22-13-7-4-8-14-22/h10-11,15H,3-9,12-14H2,1-2H3,(H,21,24). The summed E-state index contributed by atoms with van der Waals surface area (Å²) < 4.78 is 32.0. The monoisotopic (exact) mass is 410 g/mol. The fraction of sp³-hybridized carbons (Fsp3) is 0.600. The quantitative estimate of drug-likeness (QED) is 0.499. The van der Waals surface area contributed by atoms with Crippen LogP contribution < -0.4 is 5.32 Å². The Kier molecular flexibility index (Phi) is 8.44. The molecule has 0 aliphatic carbocycles. The zero-order chi connectivity index (χ0) is 20.6. The van der Waals surface area contributed by atoms with Gasteiger partial charge in [0.05, 0.1) is 12.0 Å². The molecule has 156 valence electrons. The molecule has 0 spiro atoms. The van der Waals surface area contributed by atoms with E-state index in [1.165, 1.54) is 17.5 Å². The minimum absolute atomic E-state index is 0.208. The van der Waals surface area contributed by atoms with E-state index in [0.29, 0.717) is 43.6 Å². The highest BCUT2D eigenvalue weighted by Gasteiger charge is 2.28. The number of esters is 1. The summed E-state index contributed by atoms with van der Waals surface area (Å²) in [5, 5.41) is 2.82. The van der Waals surface area contributed by atoms with E-state index in [-0.39, 0.29) is 16.8 Å². The van der Waals surface area contributed by atoms with Gasteiger partial charge in [-0.25, -0.2) is 8.42 Å². The summed E-state index contributed by atoms with van der Waals surface area (Å²) in [6.07, 6.45) is 5.42. The van der Waals surface area contributed by atoms with Gasteiger partial charge >= 0.3 is 5.97 Å². The second-order valence-corrected chi connectivity index (χ2v) is 8.99. The molecule has 28 heavy (non-hydrogen) atoms. The van der Waals surface area contributed by atoms with Crippen LogP contribution in [0.3, 0.4) is 0 Å². The maximum atomic E-state index is 13.0. The van der Waals surface area contributed by atoms with Crippen LogP contribution in [0.4, 0.5) is 0 Å². The van der Waals surface area contributed by atoms with Crippen LogP contribution in [0.1, 0.15) is 60.9 Å². The molecule has 1 aliphatic heterocycles. The summed E-state index contributed by atoms with van der Waals surface area (Å²) in [5.41, 5.74) is 0.987. The number of hydrogen-bond donors (Lipinski definition) is 1. The summed E-state index contributed by atoms with van der Waals surface area (Å²) in [6, 6.07) is 4.81. The molecule has 1 heterocycles. The largest absolute Gasteiger partial charge is 0.469 e. The normalized spacial score (nSPS) is 15.2. The highest BCUT2D eigenvalue weighted by Crippen LogP contribution is 2.24. The lowest BCUT2D eigenvalue weighted by Gasteiger charge is -2.26. The lowest BCUT2D eigenvalue weighted by molar-refractivity contribution is -0.140. The van der Waals surface area contributed by atoms with Crippen molar-refractivity contribution in [3.05, 3.63) is 29.3 Å². The number of carbonyl (C=O) groups excluding carboxylic acids is 2. The van der Waals surface area contributed by atoms with Crippen LogP contribution in [0, 0.1) is 6.92 Å². The van der Waals surface area contributed by atoms with Gasteiger partial charge in [-0.3, -0.25) is 9.59 Å². The van der Waals surface area contributed by atoms with E-state index in [2.05, 4.69) is 10.1 Å². The van der Waals surface area contributed by atoms with E-state index < -0.39 is 10.0 Å². The van der Waals surface area contributed by atoms with Crippen molar-refractivity contribution in [3.8, 4) is 0 Å². The van der Waals surface area contributed by atoms with Crippen LogP contribution in [-0.2, 0) is 19.6 Å². The molecule has 0 bridgehead atoms. The van der Waals surface area contributed by atoms with Crippen LogP contribution in [0.25, 0.3) is 0 Å². The number of carbonyl (C=O) groups is 2. The number of unbranched alkanes of at least 4 members (excludes halogenated alkanes) is 2. The number of benzene rings is 1. The molecular formula is C20H30N2O5S. The van der Waals surface area contributed by atoms with Crippen molar-refractivity contribution < 1.29 is 22.7 Å². The lowest BCUT2D eigenvalue weighted by atomic mass is 10.1. The number of hydrogen-bond acceptors (Lipinski definition) is 5. The Bertz CT molecular complexity index is 786. The first kappa shape index (κ1) is 22.4. The Morgan fingerprint density at radius 1 is 1.11 bits per heavy atom. The van der Waals surface area contributed by atoms with E-state index in [9.17, 15) is 18.0 Å². The molecule has 1 saturated heterocycles. The number of nitrogens with zero attached hydrogens (tertiary/aromatic N) is 1. The summed E-state index contributed by atoms with van der Waals surface area (Å²) >= 11 is 0. The number of aryl methyl sites for hydroxylation is 1. The maximum absolute atomic E-state index is 13.0. The summed E-state index contributed by atoms with van der Waals surface area (Å²) in [7, 11) is -2.22. The van der Waals surface area contributed by atoms with Crippen molar-refractivity contribution in [1.82, 2.24) is 9.62 Å². The van der Waals surface area contributed by atoms with E-state index in [0.717, 1.165) is 32.1 Å². The van der Waals surface area contributed by atoms with Gasteiger partial charge in [0.2, 0.25) is 10.0 Å². The van der Waals surface area contributed by atoms with Gasteiger partial charge < -0.3 is 10.1 Å². The number of sulfonamides is 1. The van der Waals surface area contributed by atoms with Gasteiger partial charge in [0, 0.05) is 31.6 Å². The molecule has 7 nitrogen and oxygen atoms in total. The van der Waals surface area contributed by atoms with E-state index in [1.807, 2.05) is 0 Å². The van der Waals surface area contributed by atoms with Crippen LogP contribution in [0.15, 0.2) is 23.1 Å². The number of ether oxygens (including phenoxy) is 1. The first-order chi connectivity index (χ1) is 13.4. The van der Waals surface area contributed by atoms with Crippen LogP contribution in [0.2, 0.25) is 0 Å². The Balaban J connectivity index is 1.94. The summed E-state index contributed by atoms with van der Waals surface area (Å²) in [4.78, 5) is 23.7. The average Bonchev–Trinajstić information content (AvgIpc) is 2.71. The van der Waals surface area contributed by atoms with Crippen LogP contribution >= 0.6 is 0 Å². The first-order valence-corrected chi connectivity index (χ1v) is 11.3. The fourth-order valence-corrected chi connectivity index (χ4v) is 5.01. The predicted molar refractivity (Wildman–Crippen MR) is 107 cm³/mol. The van der Waals surface area contributed by atoms with Gasteiger partial charge in [0.25, 0.3) is 5.91 Å². The van der Waals surface area contributed by atoms with Gasteiger partial charge in [0.15, 0.2) is 0 Å². The Labute approximate surface area is 167 Å². The minimum Gasteiger partial charge on any atom is -0.469 e. The van der Waals surface area contributed by atoms with Crippen molar-refractivity contribution in [2.24, 2.45) is 0 Å². The smallest absolute Gasteiger partial charge is 0.305 e. The summed E-state index contributed by atoms with van der Waals surface area (Å²) in [6.45, 7) is 3.29. The second kappa shape index (κ2) is 10.6. The number of methoxy groups -OCH3 is 1. The fourth-order valence-electron chi connectivity index (χ4n) is 3.24. The third-order valence-electron chi connectivity index (χ3n) is 4.95. The SMILES string of the molecule is COC(=O)CCCCCNC(=O)c1ccc(C)c(S(=O)(=O)N2CCCCC2)c1. The van der Waals surface area contributed by atoms with E-state index >= 15 is 0 Å². The molecule has 0 radical (unpaired) electrons. The Hall–Kier alpha value is -1.93. The number of rotatable bonds is 9. The van der Waals surface area contributed by atoms with Gasteiger partial charge in [-0.2, -0.15) is 4.31 Å². The zero-order valence-corrected chi connectivity index (χ0v) is 17.5. The molecule has 1 aliphatic rings. The van der Waals surface area contributed by atoms with Crippen molar-refractivity contribution >= 4 is 21.9 Å². The maximum Gasteiger partial charge on any atom is 0.305 e. The van der Waals surface area contributed by atoms with Gasteiger partial charge in [-0.1, -0.05) is 18.9 Å². The van der Waals surface area contributed by atoms with E-state index in [4.69, 9.17) is 0 Å². The molecule has 1 aromatic carbocycles. The van der Waals surface area contributed by atoms with Crippen molar-refractivity contribution in [2.75, 3.05) is 26.7 Å². The molecule has 1 fully saturated rings. The average molecular weight is 411 g/mol. The number of nitrogens with one attached hydrogen (secondary N) is 1. The van der Waals surface area contributed by atoms with Crippen molar-refractivity contribution in [1.29, 1.82) is 0 Å². The molecule has 2 rings (SSSR count). The highest BCUT2D eigenvalue weighted by atomic mass is 32.2. The van der Waals surface area contributed by atoms with Crippen molar-refractivity contribution in [2.45, 2.75) is 56.8 Å². The van der Waals surface area contributed by atoms with Gasteiger partial charge in [0.1, 0.15) is 0 Å². The van der Waals surface area contributed by atoms with Crippen LogP contribution in [-0.4, -0.2) is 51.3 Å². The molecule has 1 N–H and O–H groups in total. The van der Waals surface area contributed by atoms with Crippen molar-refractivity contribution in [3.63, 3.8) is 0 Å². The third-order valence-corrected chi connectivity index (χ3v) is 6.99. The third kappa shape index (κ3) is 6.04. The molecule has 1 amide bonds. The van der Waals surface area contributed by atoms with Crippen LogP contribution in [0.5, 0.6) is 0 Å². The zero-order valence-electron chi connectivity index (χ0n) is 16.7. The molecule has 0 saturated carbocycles. The predicted octanol–water partition coefficient (Wildman–Crippen LogP) is 2.63. The number of amides is 1. The molecule has 8 heteroatoms. The van der Waals surface area contributed by atoms with E-state index in [1.54, 1.807) is 19.1 Å². The molecule has 0 atom stereocenters. The summed E-state index contributed by atoms with van der Waals surface area (Å²) in [5.74, 6) is -0.519. The van der Waals surface area contributed by atoms with Gasteiger partial charge in [-0.15, -0.1) is 0 Å². The highest BCUT2D eigenvalue weighted by molar-refractivity contribution is 7.89. The van der Waals surface area contributed by atoms with Gasteiger partial charge in [-0.05, 0) is 50.3 Å². The lowest BCUT2D eigenvalue weighted by Crippen LogP contribution is -2.36. The Morgan fingerprint density at radius 2 is 1.82 bits per heavy atom. The number of piperidine rings is 1. The second-order valence-electron chi connectivity index (χ2n) is 7.09. The molecule has 0 unspecified atom stereocenters. The molecule has 0 aromatic heterocycles.